The van der Waals surface area contributed by atoms with Crippen LogP contribution in [-0.4, -0.2) is 44.0 Å². The molecule has 3 rings (SSSR count). The van der Waals surface area contributed by atoms with E-state index in [0.29, 0.717) is 22.7 Å². The van der Waals surface area contributed by atoms with Gasteiger partial charge in [0.15, 0.2) is 11.5 Å². The van der Waals surface area contributed by atoms with Gasteiger partial charge in [-0.3, -0.25) is 4.79 Å². The summed E-state index contributed by atoms with van der Waals surface area (Å²) in [6.07, 6.45) is -1.76. The Kier molecular flexibility index (Phi) is 9.79. The van der Waals surface area contributed by atoms with Crippen LogP contribution in [0.5, 0.6) is 0 Å². The number of amides is 1. The minimum absolute atomic E-state index is 0.0224. The van der Waals surface area contributed by atoms with Gasteiger partial charge in [-0.25, -0.2) is 14.2 Å². The minimum Gasteiger partial charge on any atom is -0.393 e. The summed E-state index contributed by atoms with van der Waals surface area (Å²) in [7, 11) is 0. The molecule has 3 aromatic rings. The van der Waals surface area contributed by atoms with E-state index in [4.69, 9.17) is 16.4 Å². The lowest BCUT2D eigenvalue weighted by molar-refractivity contribution is -0.146. The zero-order chi connectivity index (χ0) is 27.1. The molecule has 37 heavy (non-hydrogen) atoms. The van der Waals surface area contributed by atoms with Gasteiger partial charge in [-0.1, -0.05) is 44.5 Å². The van der Waals surface area contributed by atoms with E-state index in [1.807, 2.05) is 19.9 Å². The van der Waals surface area contributed by atoms with Crippen LogP contribution < -0.4 is 10.2 Å². The number of carbonyl (C=O) groups excluding carboxylic acids is 2. The van der Waals surface area contributed by atoms with Gasteiger partial charge >= 0.3 is 5.97 Å². The molecule has 0 spiro atoms. The molecule has 0 aliphatic rings. The number of aliphatic hydroxyl groups is 2. The van der Waals surface area contributed by atoms with Crippen LogP contribution in [0.25, 0.3) is 11.4 Å². The van der Waals surface area contributed by atoms with Crippen molar-refractivity contribution in [2.75, 3.05) is 0 Å². The summed E-state index contributed by atoms with van der Waals surface area (Å²) in [5.41, 5.74) is 1.59. The van der Waals surface area contributed by atoms with Crippen LogP contribution in [0.1, 0.15) is 67.7 Å². The zero-order valence-corrected chi connectivity index (χ0v) is 21.7. The zero-order valence-electron chi connectivity index (χ0n) is 20.9. The lowest BCUT2D eigenvalue weighted by atomic mass is 10.1. The molecule has 0 saturated heterocycles. The first-order valence-electron chi connectivity index (χ1n) is 12.1. The number of nitrogens with zero attached hydrogens (tertiary/aromatic N) is 2. The van der Waals surface area contributed by atoms with E-state index < -0.39 is 29.9 Å². The summed E-state index contributed by atoms with van der Waals surface area (Å²) in [5.74, 6) is -1.89. The van der Waals surface area contributed by atoms with Gasteiger partial charge in [0.2, 0.25) is 0 Å². The maximum atomic E-state index is 13.6. The summed E-state index contributed by atoms with van der Waals surface area (Å²) in [5, 5.41) is 23.3. The highest BCUT2D eigenvalue weighted by Crippen LogP contribution is 2.27. The highest BCUT2D eigenvalue weighted by molar-refractivity contribution is 6.30. The van der Waals surface area contributed by atoms with Crippen molar-refractivity contribution in [1.82, 2.24) is 15.0 Å². The van der Waals surface area contributed by atoms with E-state index in [1.165, 1.54) is 24.3 Å². The molecule has 1 aromatic heterocycles. The molecule has 0 radical (unpaired) electrons. The van der Waals surface area contributed by atoms with Gasteiger partial charge in [-0.05, 0) is 60.7 Å². The van der Waals surface area contributed by atoms with Crippen molar-refractivity contribution in [3.8, 4) is 11.4 Å². The van der Waals surface area contributed by atoms with Crippen molar-refractivity contribution >= 4 is 23.5 Å². The van der Waals surface area contributed by atoms with Crippen LogP contribution in [0.4, 0.5) is 4.39 Å². The standard InChI is InChI=1S/C27H31ClFN3O5/c1-4-21(33)13-22(34)14-23(35)37-32-25(16(2)3)24(31-26(32)18-8-10-20(29)11-9-18)27(36)30-15-17-6-5-7-19(28)12-17/h5-12,16,21-22,33-34H,4,13-15H2,1-3H3,(H,30,36). The molecular formula is C27H31ClFN3O5. The first kappa shape index (κ1) is 28.3. The molecule has 10 heteroatoms. The van der Waals surface area contributed by atoms with E-state index in [2.05, 4.69) is 10.3 Å². The molecule has 0 bridgehead atoms. The Morgan fingerprint density at radius 2 is 1.84 bits per heavy atom. The number of nitrogens with one attached hydrogen (secondary N) is 1. The van der Waals surface area contributed by atoms with E-state index >= 15 is 0 Å². The van der Waals surface area contributed by atoms with E-state index in [9.17, 15) is 24.2 Å². The lowest BCUT2D eigenvalue weighted by Gasteiger charge is -2.17. The minimum atomic E-state index is -1.11. The van der Waals surface area contributed by atoms with Gasteiger partial charge in [-0.15, -0.1) is 0 Å². The number of halogens is 2. The van der Waals surface area contributed by atoms with Gasteiger partial charge in [0.1, 0.15) is 5.82 Å². The van der Waals surface area contributed by atoms with E-state index in [-0.39, 0.29) is 36.8 Å². The SMILES string of the molecule is CCC(O)CC(O)CC(=O)On1c(-c2ccc(F)cc2)nc(C(=O)NCc2cccc(Cl)c2)c1C(C)C. The Balaban J connectivity index is 1.95. The average molecular weight is 532 g/mol. The largest absolute Gasteiger partial charge is 0.393 e. The van der Waals surface area contributed by atoms with Crippen LogP contribution in [0.2, 0.25) is 5.02 Å². The fourth-order valence-electron chi connectivity index (χ4n) is 3.78. The topological polar surface area (TPSA) is 114 Å². The Morgan fingerprint density at radius 3 is 2.46 bits per heavy atom. The molecule has 0 aliphatic carbocycles. The summed E-state index contributed by atoms with van der Waals surface area (Å²) in [4.78, 5) is 36.0. The number of imidazole rings is 1. The van der Waals surface area contributed by atoms with Crippen molar-refractivity contribution in [1.29, 1.82) is 0 Å². The number of hydrogen-bond donors (Lipinski definition) is 3. The highest BCUT2D eigenvalue weighted by Gasteiger charge is 2.28. The van der Waals surface area contributed by atoms with Crippen molar-refractivity contribution < 1.29 is 29.0 Å². The molecular weight excluding hydrogens is 501 g/mol. The van der Waals surface area contributed by atoms with E-state index in [0.717, 1.165) is 10.3 Å². The predicted molar refractivity (Wildman–Crippen MR) is 137 cm³/mol. The van der Waals surface area contributed by atoms with Crippen molar-refractivity contribution in [2.24, 2.45) is 0 Å². The average Bonchev–Trinajstić information content (AvgIpc) is 3.22. The molecule has 3 N–H and O–H groups in total. The van der Waals surface area contributed by atoms with Gasteiger partial charge in [-0.2, -0.15) is 4.73 Å². The molecule has 8 nitrogen and oxygen atoms in total. The third-order valence-corrected chi connectivity index (χ3v) is 5.92. The van der Waals surface area contributed by atoms with Gasteiger partial charge in [0.05, 0.1) is 24.3 Å². The second-order valence-corrected chi connectivity index (χ2v) is 9.49. The summed E-state index contributed by atoms with van der Waals surface area (Å²) >= 11 is 6.03. The van der Waals surface area contributed by atoms with Crippen LogP contribution in [0, 0.1) is 5.82 Å². The molecule has 0 fully saturated rings. The number of rotatable bonds is 11. The number of aliphatic hydroxyl groups excluding tert-OH is 2. The molecule has 0 saturated carbocycles. The van der Waals surface area contributed by atoms with Gasteiger partial charge in [0.25, 0.3) is 5.91 Å². The Labute approximate surface area is 220 Å². The van der Waals surface area contributed by atoms with Gasteiger partial charge in [0, 0.05) is 17.1 Å². The molecule has 198 valence electrons. The van der Waals surface area contributed by atoms with Crippen molar-refractivity contribution in [3.63, 3.8) is 0 Å². The molecule has 2 atom stereocenters. The van der Waals surface area contributed by atoms with Crippen LogP contribution in [0.3, 0.4) is 0 Å². The Hall–Kier alpha value is -3.27. The Morgan fingerprint density at radius 1 is 1.14 bits per heavy atom. The summed E-state index contributed by atoms with van der Waals surface area (Å²) < 4.78 is 14.8. The predicted octanol–water partition coefficient (Wildman–Crippen LogP) is 4.26. The summed E-state index contributed by atoms with van der Waals surface area (Å²) in [6.45, 7) is 5.59. The maximum absolute atomic E-state index is 13.6. The van der Waals surface area contributed by atoms with Crippen LogP contribution in [-0.2, 0) is 11.3 Å². The normalized spacial score (nSPS) is 12.9. The van der Waals surface area contributed by atoms with Crippen LogP contribution >= 0.6 is 11.6 Å². The van der Waals surface area contributed by atoms with Crippen LogP contribution in [0.15, 0.2) is 48.5 Å². The monoisotopic (exact) mass is 531 g/mol. The quantitative estimate of drug-likeness (QED) is 0.340. The van der Waals surface area contributed by atoms with E-state index in [1.54, 1.807) is 25.1 Å². The smallest absolute Gasteiger partial charge is 0.335 e. The van der Waals surface area contributed by atoms with Crippen molar-refractivity contribution in [2.45, 2.75) is 64.7 Å². The first-order valence-corrected chi connectivity index (χ1v) is 12.4. The second kappa shape index (κ2) is 12.8. The molecule has 2 aromatic carbocycles. The first-order chi connectivity index (χ1) is 17.6. The number of benzene rings is 2. The Bertz CT molecular complexity index is 1230. The molecule has 1 amide bonds. The third kappa shape index (κ3) is 7.61. The molecule has 0 aliphatic heterocycles. The van der Waals surface area contributed by atoms with Gasteiger partial charge < -0.3 is 20.4 Å². The fourth-order valence-corrected chi connectivity index (χ4v) is 3.99. The highest BCUT2D eigenvalue weighted by atomic mass is 35.5. The fraction of sp³-hybridized carbons (Fsp3) is 0.370. The van der Waals surface area contributed by atoms with Crippen molar-refractivity contribution in [3.05, 3.63) is 76.3 Å². The number of carbonyl (C=O) groups is 2. The third-order valence-electron chi connectivity index (χ3n) is 5.69. The lowest BCUT2D eigenvalue weighted by Crippen LogP contribution is -2.29. The summed E-state index contributed by atoms with van der Waals surface area (Å²) in [6, 6.07) is 12.5. The number of aromatic nitrogens is 2. The molecule has 2 unspecified atom stereocenters. The molecule has 1 heterocycles. The second-order valence-electron chi connectivity index (χ2n) is 9.06. The number of hydrogen-bond acceptors (Lipinski definition) is 6. The maximum Gasteiger partial charge on any atom is 0.335 e.